The minimum absolute atomic E-state index is 0.151. The molecule has 4 rings (SSSR count). The van der Waals surface area contributed by atoms with Crippen LogP contribution in [0.25, 0.3) is 21.5 Å². The van der Waals surface area contributed by atoms with Crippen LogP contribution >= 0.6 is 0 Å². The molecule has 0 radical (unpaired) electrons. The molecule has 0 atom stereocenters. The summed E-state index contributed by atoms with van der Waals surface area (Å²) >= 11 is 0. The zero-order valence-corrected chi connectivity index (χ0v) is 14.0. The zero-order valence-electron chi connectivity index (χ0n) is 14.0. The first-order valence-electron chi connectivity index (χ1n) is 8.33. The summed E-state index contributed by atoms with van der Waals surface area (Å²) in [6, 6.07) is 24.2. The fraction of sp³-hybridized carbons (Fsp3) is 0.0909. The number of nitrogens with zero attached hydrogens (tertiary/aromatic N) is 1. The summed E-state index contributed by atoms with van der Waals surface area (Å²) in [5.74, 6) is -0.151. The van der Waals surface area contributed by atoms with Crippen LogP contribution in [-0.2, 0) is 6.54 Å². The van der Waals surface area contributed by atoms with Gasteiger partial charge in [0.1, 0.15) is 5.69 Å². The van der Waals surface area contributed by atoms with Gasteiger partial charge in [-0.05, 0) is 34.7 Å². The molecule has 0 aliphatic heterocycles. The van der Waals surface area contributed by atoms with Crippen molar-refractivity contribution >= 4 is 27.5 Å². The average molecular weight is 326 g/mol. The Bertz CT molecular complexity index is 1070. The van der Waals surface area contributed by atoms with Gasteiger partial charge >= 0.3 is 0 Å². The number of aromatic nitrogens is 1. The summed E-state index contributed by atoms with van der Waals surface area (Å²) in [5.41, 5.74) is 2.39. The second-order valence-corrected chi connectivity index (χ2v) is 6.14. The quantitative estimate of drug-likeness (QED) is 0.558. The molecule has 0 unspecified atom stereocenters. The summed E-state index contributed by atoms with van der Waals surface area (Å²) < 4.78 is 0. The van der Waals surface area contributed by atoms with E-state index in [1.54, 1.807) is 0 Å². The molecule has 0 saturated heterocycles. The Hall–Kier alpha value is -3.20. The highest BCUT2D eigenvalue weighted by Gasteiger charge is 2.12. The van der Waals surface area contributed by atoms with Crippen molar-refractivity contribution in [2.75, 3.05) is 0 Å². The van der Waals surface area contributed by atoms with Gasteiger partial charge in [0.05, 0.1) is 0 Å². The molecule has 25 heavy (non-hydrogen) atoms. The lowest BCUT2D eigenvalue weighted by Crippen LogP contribution is -2.24. The highest BCUT2D eigenvalue weighted by molar-refractivity contribution is 6.10. The number of benzene rings is 3. The van der Waals surface area contributed by atoms with Gasteiger partial charge in [0.2, 0.25) is 0 Å². The monoisotopic (exact) mass is 326 g/mol. The lowest BCUT2D eigenvalue weighted by atomic mass is 10.0. The van der Waals surface area contributed by atoms with Crippen LogP contribution in [0.2, 0.25) is 0 Å². The summed E-state index contributed by atoms with van der Waals surface area (Å²) in [5, 5.41) is 7.41. The summed E-state index contributed by atoms with van der Waals surface area (Å²) in [7, 11) is 0. The molecule has 3 heteroatoms. The fourth-order valence-electron chi connectivity index (χ4n) is 3.16. The number of fused-ring (bicyclic) bond motifs is 3. The topological polar surface area (TPSA) is 42.0 Å². The van der Waals surface area contributed by atoms with Crippen molar-refractivity contribution in [1.29, 1.82) is 0 Å². The number of amides is 1. The van der Waals surface area contributed by atoms with E-state index in [-0.39, 0.29) is 5.91 Å². The van der Waals surface area contributed by atoms with Crippen molar-refractivity contribution in [3.05, 3.63) is 89.7 Å². The van der Waals surface area contributed by atoms with Crippen LogP contribution in [0.1, 0.15) is 21.7 Å². The Morgan fingerprint density at radius 1 is 0.880 bits per heavy atom. The third-order valence-electron chi connectivity index (χ3n) is 4.46. The molecule has 1 N–H and O–H groups in total. The first kappa shape index (κ1) is 15.3. The van der Waals surface area contributed by atoms with Crippen molar-refractivity contribution in [3.63, 3.8) is 0 Å². The second-order valence-electron chi connectivity index (χ2n) is 6.14. The van der Waals surface area contributed by atoms with E-state index in [0.29, 0.717) is 12.2 Å². The third kappa shape index (κ3) is 2.96. The van der Waals surface area contributed by atoms with Crippen LogP contribution in [0.5, 0.6) is 0 Å². The number of nitrogens with one attached hydrogen (secondary N) is 1. The van der Waals surface area contributed by atoms with Crippen LogP contribution in [-0.4, -0.2) is 10.9 Å². The van der Waals surface area contributed by atoms with E-state index in [2.05, 4.69) is 34.6 Å². The van der Waals surface area contributed by atoms with Gasteiger partial charge in [-0.15, -0.1) is 0 Å². The Morgan fingerprint density at radius 2 is 1.64 bits per heavy atom. The molecule has 122 valence electrons. The minimum atomic E-state index is -0.151. The van der Waals surface area contributed by atoms with Crippen LogP contribution in [0.4, 0.5) is 0 Å². The van der Waals surface area contributed by atoms with Crippen LogP contribution < -0.4 is 5.32 Å². The standard InChI is InChI=1S/C22H18N2O/c1-15-18-12-11-17-9-5-6-10-19(17)20(18)13-21(24-15)22(25)23-14-16-7-3-2-4-8-16/h2-13H,14H2,1H3,(H,23,25). The van der Waals surface area contributed by atoms with Crippen molar-refractivity contribution < 1.29 is 4.79 Å². The summed E-state index contributed by atoms with van der Waals surface area (Å²) in [6.45, 7) is 2.44. The third-order valence-corrected chi connectivity index (χ3v) is 4.46. The minimum Gasteiger partial charge on any atom is -0.347 e. The van der Waals surface area contributed by atoms with Gasteiger partial charge in [0.25, 0.3) is 5.91 Å². The number of rotatable bonds is 3. The number of pyridine rings is 1. The van der Waals surface area contributed by atoms with E-state index in [9.17, 15) is 4.79 Å². The van der Waals surface area contributed by atoms with E-state index < -0.39 is 0 Å². The maximum Gasteiger partial charge on any atom is 0.270 e. The second kappa shape index (κ2) is 6.36. The summed E-state index contributed by atoms with van der Waals surface area (Å²) in [4.78, 5) is 17.1. The molecule has 0 fully saturated rings. The van der Waals surface area contributed by atoms with E-state index in [1.807, 2.05) is 55.5 Å². The molecule has 1 aromatic heterocycles. The molecule has 1 amide bonds. The highest BCUT2D eigenvalue weighted by atomic mass is 16.1. The van der Waals surface area contributed by atoms with Gasteiger partial charge < -0.3 is 5.32 Å². The van der Waals surface area contributed by atoms with Gasteiger partial charge in [0.15, 0.2) is 0 Å². The normalized spacial score (nSPS) is 10.9. The Labute approximate surface area is 146 Å². The number of aryl methyl sites for hydroxylation is 1. The largest absolute Gasteiger partial charge is 0.347 e. The first-order valence-corrected chi connectivity index (χ1v) is 8.33. The van der Waals surface area contributed by atoms with Crippen molar-refractivity contribution in [2.45, 2.75) is 13.5 Å². The average Bonchev–Trinajstić information content (AvgIpc) is 2.66. The zero-order chi connectivity index (χ0) is 17.2. The molecule has 1 heterocycles. The molecule has 0 saturated carbocycles. The van der Waals surface area contributed by atoms with E-state index in [4.69, 9.17) is 0 Å². The maximum atomic E-state index is 12.6. The molecule has 0 bridgehead atoms. The molecule has 0 aliphatic carbocycles. The van der Waals surface area contributed by atoms with Gasteiger partial charge in [-0.2, -0.15) is 0 Å². The lowest BCUT2D eigenvalue weighted by Gasteiger charge is -2.10. The number of carbonyl (C=O) groups excluding carboxylic acids is 1. The number of hydrogen-bond acceptors (Lipinski definition) is 2. The Kier molecular flexibility index (Phi) is 3.90. The lowest BCUT2D eigenvalue weighted by molar-refractivity contribution is 0.0946. The molecule has 3 aromatic carbocycles. The van der Waals surface area contributed by atoms with Gasteiger partial charge in [-0.25, -0.2) is 4.98 Å². The number of carbonyl (C=O) groups is 1. The van der Waals surface area contributed by atoms with E-state index in [1.165, 1.54) is 0 Å². The number of hydrogen-bond donors (Lipinski definition) is 1. The summed E-state index contributed by atoms with van der Waals surface area (Å²) in [6.07, 6.45) is 0. The van der Waals surface area contributed by atoms with Crippen molar-refractivity contribution in [3.8, 4) is 0 Å². The fourth-order valence-corrected chi connectivity index (χ4v) is 3.16. The molecular weight excluding hydrogens is 308 g/mol. The smallest absolute Gasteiger partial charge is 0.270 e. The van der Waals surface area contributed by atoms with Crippen LogP contribution in [0.3, 0.4) is 0 Å². The molecular formula is C22H18N2O. The van der Waals surface area contributed by atoms with Gasteiger partial charge in [0, 0.05) is 17.6 Å². The van der Waals surface area contributed by atoms with E-state index >= 15 is 0 Å². The van der Waals surface area contributed by atoms with Crippen molar-refractivity contribution in [2.24, 2.45) is 0 Å². The van der Waals surface area contributed by atoms with Gasteiger partial charge in [-0.3, -0.25) is 4.79 Å². The molecule has 4 aromatic rings. The first-order chi connectivity index (χ1) is 12.2. The molecule has 3 nitrogen and oxygen atoms in total. The Balaban J connectivity index is 1.72. The molecule has 0 aliphatic rings. The highest BCUT2D eigenvalue weighted by Crippen LogP contribution is 2.27. The molecule has 0 spiro atoms. The predicted molar refractivity (Wildman–Crippen MR) is 102 cm³/mol. The SMILES string of the molecule is Cc1nc(C(=O)NCc2ccccc2)cc2c1ccc1ccccc12. The van der Waals surface area contributed by atoms with Crippen molar-refractivity contribution in [1.82, 2.24) is 10.3 Å². The van der Waals surface area contributed by atoms with Crippen LogP contribution in [0.15, 0.2) is 72.8 Å². The maximum absolute atomic E-state index is 12.6. The van der Waals surface area contributed by atoms with Crippen LogP contribution in [0, 0.1) is 6.92 Å². The van der Waals surface area contributed by atoms with E-state index in [0.717, 1.165) is 32.8 Å². The predicted octanol–water partition coefficient (Wildman–Crippen LogP) is 4.63. The Morgan fingerprint density at radius 3 is 2.48 bits per heavy atom. The van der Waals surface area contributed by atoms with Gasteiger partial charge in [-0.1, -0.05) is 66.7 Å².